The number of benzene rings is 3. The van der Waals surface area contributed by atoms with E-state index in [1.807, 2.05) is 78.9 Å². The largest absolute Gasteiger partial charge is 0.618 e. The van der Waals surface area contributed by atoms with E-state index in [9.17, 15) is 15.1 Å². The van der Waals surface area contributed by atoms with Crippen molar-refractivity contribution in [2.45, 2.75) is 50.0 Å². The van der Waals surface area contributed by atoms with Crippen LogP contribution in [-0.4, -0.2) is 22.9 Å². The minimum Gasteiger partial charge on any atom is -0.618 e. The van der Waals surface area contributed by atoms with E-state index in [4.69, 9.17) is 9.47 Å². The van der Waals surface area contributed by atoms with Crippen molar-refractivity contribution in [3.8, 4) is 11.1 Å². The maximum absolute atomic E-state index is 12.2. The Kier molecular flexibility index (Phi) is 9.13. The van der Waals surface area contributed by atoms with Gasteiger partial charge in [0.05, 0.1) is 18.8 Å². The first-order valence-corrected chi connectivity index (χ1v) is 14.2. The molecule has 206 valence electrons. The molecule has 1 fully saturated rings. The van der Waals surface area contributed by atoms with Gasteiger partial charge in [-0.1, -0.05) is 78.5 Å². The minimum atomic E-state index is -0.572. The van der Waals surface area contributed by atoms with E-state index in [2.05, 4.69) is 11.4 Å². The van der Waals surface area contributed by atoms with Gasteiger partial charge < -0.3 is 25.1 Å². The number of hydrogen-bond acceptors (Lipinski definition) is 6. The Bertz CT molecular complexity index is 1430. The molecule has 4 aromatic rings. The average molecular weight is 557 g/mol. The highest BCUT2D eigenvalue weighted by Crippen LogP contribution is 2.39. The molecule has 5 rings (SSSR count). The number of carbonyl (C=O) groups is 1. The maximum Gasteiger partial charge on any atom is 0.251 e. The van der Waals surface area contributed by atoms with Crippen molar-refractivity contribution < 1.29 is 24.1 Å². The van der Waals surface area contributed by atoms with Gasteiger partial charge in [0.1, 0.15) is 0 Å². The number of pyridine rings is 1. The third kappa shape index (κ3) is 7.08. The van der Waals surface area contributed by atoms with E-state index in [1.54, 1.807) is 6.07 Å². The highest BCUT2D eigenvalue weighted by atomic mass is 32.2. The van der Waals surface area contributed by atoms with Gasteiger partial charge in [-0.2, -0.15) is 4.73 Å². The summed E-state index contributed by atoms with van der Waals surface area (Å²) in [6.07, 6.45) is 1.23. The number of hydrogen-bond donors (Lipinski definition) is 2. The van der Waals surface area contributed by atoms with Crippen LogP contribution in [0.5, 0.6) is 0 Å². The summed E-state index contributed by atoms with van der Waals surface area (Å²) in [4.78, 5) is 11.3. The van der Waals surface area contributed by atoms with E-state index in [0.717, 1.165) is 38.1 Å². The second-order valence-corrected chi connectivity index (χ2v) is 10.8. The second-order valence-electron chi connectivity index (χ2n) is 9.76. The Hall–Kier alpha value is -3.69. The molecule has 7 nitrogen and oxygen atoms in total. The van der Waals surface area contributed by atoms with E-state index in [-0.39, 0.29) is 24.7 Å². The highest BCUT2D eigenvalue weighted by Gasteiger charge is 2.32. The summed E-state index contributed by atoms with van der Waals surface area (Å²) >= 11 is 1.47. The summed E-state index contributed by atoms with van der Waals surface area (Å²) in [5.74, 6) is 0.550. The monoisotopic (exact) mass is 556 g/mol. The van der Waals surface area contributed by atoms with Crippen LogP contribution in [0.4, 0.5) is 0 Å². The van der Waals surface area contributed by atoms with Crippen LogP contribution in [0.15, 0.2) is 102 Å². The van der Waals surface area contributed by atoms with Crippen LogP contribution in [0.3, 0.4) is 0 Å². The highest BCUT2D eigenvalue weighted by molar-refractivity contribution is 7.99. The first-order valence-electron chi connectivity index (χ1n) is 13.2. The Morgan fingerprint density at radius 1 is 0.950 bits per heavy atom. The van der Waals surface area contributed by atoms with Crippen molar-refractivity contribution in [2.75, 3.05) is 5.75 Å². The number of rotatable bonds is 9. The molecule has 0 spiro atoms. The molecular formula is C32H32N2O5S. The third-order valence-corrected chi connectivity index (χ3v) is 7.96. The molecule has 1 aliphatic rings. The average Bonchev–Trinajstić information content (AvgIpc) is 3.00. The molecule has 1 aromatic heterocycles. The summed E-state index contributed by atoms with van der Waals surface area (Å²) in [5.41, 5.74) is 5.92. The van der Waals surface area contributed by atoms with Gasteiger partial charge in [0, 0.05) is 43.3 Å². The number of thioether (sulfide) groups is 1. The van der Waals surface area contributed by atoms with E-state index < -0.39 is 6.29 Å². The lowest BCUT2D eigenvalue weighted by atomic mass is 9.99. The van der Waals surface area contributed by atoms with Crippen LogP contribution in [0.2, 0.25) is 0 Å². The molecule has 0 saturated carbocycles. The van der Waals surface area contributed by atoms with E-state index in [1.165, 1.54) is 24.9 Å². The topological polar surface area (TPSA) is 94.7 Å². The molecule has 3 atom stereocenters. The van der Waals surface area contributed by atoms with Crippen molar-refractivity contribution in [1.82, 2.24) is 5.32 Å². The molecule has 0 aliphatic carbocycles. The second kappa shape index (κ2) is 13.1. The number of amides is 1. The van der Waals surface area contributed by atoms with E-state index in [0.29, 0.717) is 23.7 Å². The smallest absolute Gasteiger partial charge is 0.251 e. The fraction of sp³-hybridized carbons (Fsp3) is 0.250. The number of aromatic nitrogens is 1. The molecule has 8 heteroatoms. The summed E-state index contributed by atoms with van der Waals surface area (Å²) in [7, 11) is 0. The zero-order chi connectivity index (χ0) is 27.9. The molecule has 0 unspecified atom stereocenters. The minimum absolute atomic E-state index is 0.00836. The SMILES string of the molecule is CC(=O)NCc1cccc(-c2ccc([C@@H]3O[C@H](CSc4cccc[n+]4[O-])C[C@H](c4ccc(CO)cc4)O3)cc2)c1. The zero-order valence-corrected chi connectivity index (χ0v) is 23.1. The van der Waals surface area contributed by atoms with Crippen molar-refractivity contribution in [3.05, 3.63) is 125 Å². The number of nitrogens with one attached hydrogen (secondary N) is 1. The fourth-order valence-corrected chi connectivity index (χ4v) is 5.58. The Balaban J connectivity index is 1.34. The molecule has 1 aliphatic heterocycles. The number of aliphatic hydroxyl groups excluding tert-OH is 1. The standard InChI is InChI=1S/C32H32N2O5S/c1-22(36)33-19-24-5-4-6-28(17-24)25-12-14-27(15-13-25)32-38-29(21-40-31-7-2-3-16-34(31)37)18-30(39-32)26-10-8-23(20-35)9-11-26/h2-17,29-30,32,35H,18-21H2,1H3,(H,33,36)/t29-,30+,32+/m0/s1. The molecule has 3 aromatic carbocycles. The normalized spacial score (nSPS) is 18.8. The first kappa shape index (κ1) is 27.9. The van der Waals surface area contributed by atoms with Crippen molar-refractivity contribution in [2.24, 2.45) is 0 Å². The lowest BCUT2D eigenvalue weighted by Crippen LogP contribution is -2.32. The van der Waals surface area contributed by atoms with Gasteiger partial charge in [-0.25, -0.2) is 0 Å². The lowest BCUT2D eigenvalue weighted by Gasteiger charge is -2.36. The lowest BCUT2D eigenvalue weighted by molar-refractivity contribution is -0.645. The van der Waals surface area contributed by atoms with Crippen LogP contribution < -0.4 is 10.0 Å². The molecule has 1 amide bonds. The Labute approximate surface area is 238 Å². The van der Waals surface area contributed by atoms with Gasteiger partial charge in [-0.15, -0.1) is 0 Å². The molecule has 2 N–H and O–H groups in total. The predicted molar refractivity (Wildman–Crippen MR) is 154 cm³/mol. The first-order chi connectivity index (χ1) is 19.5. The molecule has 2 heterocycles. The summed E-state index contributed by atoms with van der Waals surface area (Å²) in [6.45, 7) is 1.99. The quantitative estimate of drug-likeness (QED) is 0.162. The Morgan fingerprint density at radius 3 is 2.45 bits per heavy atom. The molecule has 1 saturated heterocycles. The predicted octanol–water partition coefficient (Wildman–Crippen LogP) is 5.45. The number of nitrogens with zero attached hydrogens (tertiary/aromatic N) is 1. The van der Waals surface area contributed by atoms with Crippen LogP contribution in [0, 0.1) is 5.21 Å². The fourth-order valence-electron chi connectivity index (χ4n) is 4.65. The van der Waals surface area contributed by atoms with Crippen molar-refractivity contribution in [3.63, 3.8) is 0 Å². The summed E-state index contributed by atoms with van der Waals surface area (Å²) in [5, 5.41) is 25.1. The number of carbonyl (C=O) groups excluding carboxylic acids is 1. The number of aliphatic hydroxyl groups is 1. The van der Waals surface area contributed by atoms with Gasteiger partial charge in [-0.05, 0) is 39.9 Å². The molecular weight excluding hydrogens is 524 g/mol. The van der Waals surface area contributed by atoms with Crippen LogP contribution >= 0.6 is 11.8 Å². The number of ether oxygens (including phenoxy) is 2. The van der Waals surface area contributed by atoms with Crippen LogP contribution in [0.25, 0.3) is 11.1 Å². The molecule has 0 bridgehead atoms. The van der Waals surface area contributed by atoms with Gasteiger partial charge >= 0.3 is 0 Å². The zero-order valence-electron chi connectivity index (χ0n) is 22.2. The van der Waals surface area contributed by atoms with Crippen LogP contribution in [-0.2, 0) is 27.4 Å². The van der Waals surface area contributed by atoms with Crippen LogP contribution in [0.1, 0.15) is 48.0 Å². The maximum atomic E-state index is 12.2. The van der Waals surface area contributed by atoms with E-state index >= 15 is 0 Å². The van der Waals surface area contributed by atoms with Gasteiger partial charge in [0.15, 0.2) is 12.5 Å². The molecule has 40 heavy (non-hydrogen) atoms. The molecule has 0 radical (unpaired) electrons. The summed E-state index contributed by atoms with van der Waals surface area (Å²) in [6, 6.07) is 29.4. The van der Waals surface area contributed by atoms with Gasteiger partial charge in [-0.3, -0.25) is 4.79 Å². The van der Waals surface area contributed by atoms with Gasteiger partial charge in [0.2, 0.25) is 5.91 Å². The van der Waals surface area contributed by atoms with Crippen molar-refractivity contribution >= 4 is 17.7 Å². The Morgan fingerprint density at radius 2 is 1.73 bits per heavy atom. The third-order valence-electron chi connectivity index (χ3n) is 6.81. The van der Waals surface area contributed by atoms with Crippen molar-refractivity contribution in [1.29, 1.82) is 0 Å². The summed E-state index contributed by atoms with van der Waals surface area (Å²) < 4.78 is 13.7. The van der Waals surface area contributed by atoms with Gasteiger partial charge in [0.25, 0.3) is 5.03 Å².